The van der Waals surface area contributed by atoms with E-state index in [2.05, 4.69) is 15.9 Å². The number of aliphatic hydroxyl groups excluding tert-OH is 1. The molecule has 3 nitrogen and oxygen atoms in total. The monoisotopic (exact) mass is 148 g/mol. The molecule has 0 spiro atoms. The minimum Gasteiger partial charge on any atom is -0.395 e. The van der Waals surface area contributed by atoms with Gasteiger partial charge in [0.2, 0.25) is 0 Å². The Kier molecular flexibility index (Phi) is 2.59. The third kappa shape index (κ3) is 1.76. The molecule has 1 aromatic rings. The van der Waals surface area contributed by atoms with Gasteiger partial charge in [-0.1, -0.05) is 5.92 Å². The summed E-state index contributed by atoms with van der Waals surface area (Å²) in [6, 6.07) is 1.70. The number of rotatable bonds is 2. The van der Waals surface area contributed by atoms with E-state index in [4.69, 9.17) is 11.5 Å². The van der Waals surface area contributed by atoms with Crippen LogP contribution in [0.15, 0.2) is 18.6 Å². The third-order valence-electron chi connectivity index (χ3n) is 1.35. The maximum Gasteiger partial charge on any atom is 0.115 e. The molecule has 56 valence electrons. The molecule has 0 aliphatic heterocycles. The lowest BCUT2D eigenvalue weighted by Gasteiger charge is -2.03. The zero-order chi connectivity index (χ0) is 8.10. The molecule has 1 N–H and O–H groups in total. The van der Waals surface area contributed by atoms with E-state index in [0.717, 1.165) is 0 Å². The second-order valence-electron chi connectivity index (χ2n) is 2.04. The quantitative estimate of drug-likeness (QED) is 0.609. The Morgan fingerprint density at radius 2 is 2.55 bits per heavy atom. The van der Waals surface area contributed by atoms with Gasteiger partial charge < -0.3 is 5.11 Å². The van der Waals surface area contributed by atoms with Gasteiger partial charge in [-0.25, -0.2) is 9.97 Å². The highest BCUT2D eigenvalue weighted by Crippen LogP contribution is 2.08. The van der Waals surface area contributed by atoms with Crippen molar-refractivity contribution < 1.29 is 5.11 Å². The molecule has 0 amide bonds. The molecule has 11 heavy (non-hydrogen) atoms. The van der Waals surface area contributed by atoms with Crippen LogP contribution in [0, 0.1) is 12.3 Å². The van der Waals surface area contributed by atoms with Crippen LogP contribution in [0.3, 0.4) is 0 Å². The fourth-order valence-electron chi connectivity index (χ4n) is 0.739. The van der Waals surface area contributed by atoms with Crippen molar-refractivity contribution in [3.05, 3.63) is 24.3 Å². The standard InChI is InChI=1S/C8H8N2O/c1-2-7(5-11)8-3-4-9-6-10-8/h1,3-4,6-7,11H,5H2. The number of aliphatic hydroxyl groups is 1. The summed E-state index contributed by atoms with van der Waals surface area (Å²) in [5, 5.41) is 8.78. The Bertz CT molecular complexity index is 253. The number of nitrogens with zero attached hydrogens (tertiary/aromatic N) is 2. The van der Waals surface area contributed by atoms with E-state index in [0.29, 0.717) is 5.69 Å². The molecule has 0 saturated carbocycles. The Balaban J connectivity index is 2.85. The zero-order valence-corrected chi connectivity index (χ0v) is 5.94. The number of hydrogen-bond donors (Lipinski definition) is 1. The summed E-state index contributed by atoms with van der Waals surface area (Å²) in [6.07, 6.45) is 8.16. The predicted octanol–water partition coefficient (Wildman–Crippen LogP) is 0.186. The molecular formula is C8H8N2O. The lowest BCUT2D eigenvalue weighted by Crippen LogP contribution is -2.03. The van der Waals surface area contributed by atoms with Crippen LogP contribution >= 0.6 is 0 Å². The lowest BCUT2D eigenvalue weighted by atomic mass is 10.1. The smallest absolute Gasteiger partial charge is 0.115 e. The highest BCUT2D eigenvalue weighted by Gasteiger charge is 2.06. The first-order chi connectivity index (χ1) is 5.38. The Morgan fingerprint density at radius 3 is 3.00 bits per heavy atom. The highest BCUT2D eigenvalue weighted by molar-refractivity contribution is 5.17. The van der Waals surface area contributed by atoms with Gasteiger partial charge in [0.25, 0.3) is 0 Å². The van der Waals surface area contributed by atoms with E-state index in [9.17, 15) is 0 Å². The summed E-state index contributed by atoms with van der Waals surface area (Å²) in [5.74, 6) is 2.12. The molecule has 1 aromatic heterocycles. The maximum atomic E-state index is 8.78. The van der Waals surface area contributed by atoms with Crippen molar-refractivity contribution >= 4 is 0 Å². The average Bonchev–Trinajstić information content (AvgIpc) is 2.09. The number of aromatic nitrogens is 2. The summed E-state index contributed by atoms with van der Waals surface area (Å²) < 4.78 is 0. The SMILES string of the molecule is C#CC(CO)c1ccncn1. The van der Waals surface area contributed by atoms with Gasteiger partial charge in [0.05, 0.1) is 18.2 Å². The van der Waals surface area contributed by atoms with Crippen LogP contribution in [-0.2, 0) is 0 Å². The van der Waals surface area contributed by atoms with E-state index >= 15 is 0 Å². The average molecular weight is 148 g/mol. The summed E-state index contributed by atoms with van der Waals surface area (Å²) >= 11 is 0. The molecule has 1 unspecified atom stereocenters. The predicted molar refractivity (Wildman–Crippen MR) is 40.7 cm³/mol. The third-order valence-corrected chi connectivity index (χ3v) is 1.35. The van der Waals surface area contributed by atoms with Crippen LogP contribution in [-0.4, -0.2) is 21.7 Å². The number of terminal acetylenes is 1. The van der Waals surface area contributed by atoms with Crippen molar-refractivity contribution in [2.24, 2.45) is 0 Å². The molecule has 3 heteroatoms. The lowest BCUT2D eigenvalue weighted by molar-refractivity contribution is 0.285. The van der Waals surface area contributed by atoms with Crippen molar-refractivity contribution in [1.82, 2.24) is 9.97 Å². The molecule has 0 bridgehead atoms. The van der Waals surface area contributed by atoms with E-state index in [1.807, 2.05) is 0 Å². The van der Waals surface area contributed by atoms with Crippen LogP contribution in [0.4, 0.5) is 0 Å². The van der Waals surface area contributed by atoms with Crippen LogP contribution < -0.4 is 0 Å². The number of hydrogen-bond acceptors (Lipinski definition) is 3. The second kappa shape index (κ2) is 3.69. The van der Waals surface area contributed by atoms with Gasteiger partial charge >= 0.3 is 0 Å². The molecule has 1 atom stereocenters. The normalized spacial score (nSPS) is 12.0. The topological polar surface area (TPSA) is 46.0 Å². The van der Waals surface area contributed by atoms with Crippen LogP contribution in [0.1, 0.15) is 11.6 Å². The van der Waals surface area contributed by atoms with Crippen molar-refractivity contribution in [2.45, 2.75) is 5.92 Å². The Hall–Kier alpha value is -1.40. The zero-order valence-electron chi connectivity index (χ0n) is 5.94. The summed E-state index contributed by atoms with van der Waals surface area (Å²) in [6.45, 7) is -0.0759. The van der Waals surface area contributed by atoms with Crippen LogP contribution in [0.2, 0.25) is 0 Å². The minimum absolute atomic E-state index is 0.0759. The first kappa shape index (κ1) is 7.70. The van der Waals surface area contributed by atoms with E-state index in [-0.39, 0.29) is 12.5 Å². The molecule has 0 saturated heterocycles. The van der Waals surface area contributed by atoms with Crippen molar-refractivity contribution in [1.29, 1.82) is 0 Å². The molecule has 0 radical (unpaired) electrons. The second-order valence-corrected chi connectivity index (χ2v) is 2.04. The fraction of sp³-hybridized carbons (Fsp3) is 0.250. The first-order valence-corrected chi connectivity index (χ1v) is 3.21. The summed E-state index contributed by atoms with van der Waals surface area (Å²) in [5.41, 5.74) is 0.685. The van der Waals surface area contributed by atoms with Gasteiger partial charge in [-0.15, -0.1) is 6.42 Å². The summed E-state index contributed by atoms with van der Waals surface area (Å²) in [4.78, 5) is 7.64. The molecule has 1 rings (SSSR count). The molecule has 0 fully saturated rings. The summed E-state index contributed by atoms with van der Waals surface area (Å²) in [7, 11) is 0. The Labute approximate surface area is 65.1 Å². The molecule has 0 aliphatic carbocycles. The van der Waals surface area contributed by atoms with Crippen LogP contribution in [0.25, 0.3) is 0 Å². The molecule has 0 aromatic carbocycles. The first-order valence-electron chi connectivity index (χ1n) is 3.21. The van der Waals surface area contributed by atoms with Gasteiger partial charge in [0.15, 0.2) is 0 Å². The molecular weight excluding hydrogens is 140 g/mol. The van der Waals surface area contributed by atoms with Crippen molar-refractivity contribution in [3.8, 4) is 12.3 Å². The Morgan fingerprint density at radius 1 is 1.73 bits per heavy atom. The molecule has 0 aliphatic rings. The maximum absolute atomic E-state index is 8.78. The van der Waals surface area contributed by atoms with Gasteiger partial charge in [0, 0.05) is 6.20 Å². The van der Waals surface area contributed by atoms with Crippen molar-refractivity contribution in [3.63, 3.8) is 0 Å². The molecule has 1 heterocycles. The van der Waals surface area contributed by atoms with Crippen molar-refractivity contribution in [2.75, 3.05) is 6.61 Å². The van der Waals surface area contributed by atoms with E-state index in [1.165, 1.54) is 6.33 Å². The van der Waals surface area contributed by atoms with Gasteiger partial charge in [0.1, 0.15) is 6.33 Å². The van der Waals surface area contributed by atoms with Gasteiger partial charge in [-0.2, -0.15) is 0 Å². The van der Waals surface area contributed by atoms with Gasteiger partial charge in [-0.3, -0.25) is 0 Å². The largest absolute Gasteiger partial charge is 0.395 e. The van der Waals surface area contributed by atoms with E-state index < -0.39 is 0 Å². The van der Waals surface area contributed by atoms with E-state index in [1.54, 1.807) is 12.3 Å². The van der Waals surface area contributed by atoms with Crippen LogP contribution in [0.5, 0.6) is 0 Å². The fourth-order valence-corrected chi connectivity index (χ4v) is 0.739. The highest BCUT2D eigenvalue weighted by atomic mass is 16.3. The van der Waals surface area contributed by atoms with Gasteiger partial charge in [-0.05, 0) is 6.07 Å². The minimum atomic E-state index is -0.307.